The second kappa shape index (κ2) is 7.37. The first-order valence-electron chi connectivity index (χ1n) is 6.01. The van der Waals surface area contributed by atoms with Gasteiger partial charge in [-0.3, -0.25) is 9.78 Å². The van der Waals surface area contributed by atoms with Gasteiger partial charge in [0, 0.05) is 26.9 Å². The Labute approximate surface area is 143 Å². The first-order chi connectivity index (χ1) is 10.5. The van der Waals surface area contributed by atoms with E-state index in [-0.39, 0.29) is 5.75 Å². The number of hydrazone groups is 1. The van der Waals surface area contributed by atoms with Gasteiger partial charge in [0.15, 0.2) is 11.5 Å². The number of amides is 1. The van der Waals surface area contributed by atoms with Crippen molar-refractivity contribution in [3.05, 3.63) is 50.7 Å². The van der Waals surface area contributed by atoms with Crippen LogP contribution < -0.4 is 10.2 Å². The standard InChI is InChI=1S/C14H11Br2N3O3/c1-22-12-4-10(15)2-8(13(12)20)6-18-19-14(21)9-3-11(16)7-17-5-9/h2-7,20H,1H3,(H,19,21). The molecule has 2 N–H and O–H groups in total. The number of halogens is 2. The number of carbonyl (C=O) groups excluding carboxylic acids is 1. The number of rotatable bonds is 4. The molecule has 0 aliphatic heterocycles. The summed E-state index contributed by atoms with van der Waals surface area (Å²) in [6, 6.07) is 4.89. The number of hydrogen-bond donors (Lipinski definition) is 2. The van der Waals surface area contributed by atoms with Crippen molar-refractivity contribution in [2.75, 3.05) is 7.11 Å². The van der Waals surface area contributed by atoms with E-state index in [4.69, 9.17) is 4.74 Å². The summed E-state index contributed by atoms with van der Waals surface area (Å²) in [6.45, 7) is 0. The summed E-state index contributed by atoms with van der Waals surface area (Å²) in [6.07, 6.45) is 4.33. The lowest BCUT2D eigenvalue weighted by molar-refractivity contribution is 0.0954. The van der Waals surface area contributed by atoms with Crippen LogP contribution in [-0.2, 0) is 0 Å². The zero-order valence-corrected chi connectivity index (χ0v) is 14.6. The Morgan fingerprint density at radius 1 is 1.32 bits per heavy atom. The van der Waals surface area contributed by atoms with Gasteiger partial charge in [-0.15, -0.1) is 0 Å². The zero-order chi connectivity index (χ0) is 16.1. The maximum Gasteiger partial charge on any atom is 0.272 e. The van der Waals surface area contributed by atoms with Crippen molar-refractivity contribution >= 4 is 44.0 Å². The van der Waals surface area contributed by atoms with E-state index in [1.54, 1.807) is 24.4 Å². The van der Waals surface area contributed by atoms with Gasteiger partial charge in [0.05, 0.1) is 18.9 Å². The third kappa shape index (κ3) is 4.05. The molecule has 0 aliphatic carbocycles. The molecule has 114 valence electrons. The number of phenolic OH excluding ortho intramolecular Hbond substituents is 1. The minimum absolute atomic E-state index is 0.0622. The van der Waals surface area contributed by atoms with Gasteiger partial charge in [0.2, 0.25) is 0 Å². The number of benzene rings is 1. The maximum absolute atomic E-state index is 11.9. The summed E-state index contributed by atoms with van der Waals surface area (Å²) in [4.78, 5) is 15.8. The summed E-state index contributed by atoms with van der Waals surface area (Å²) in [5.41, 5.74) is 3.13. The number of hydrogen-bond acceptors (Lipinski definition) is 5. The van der Waals surface area contributed by atoms with Gasteiger partial charge in [-0.25, -0.2) is 5.43 Å². The van der Waals surface area contributed by atoms with Crippen LogP contribution in [0.5, 0.6) is 11.5 Å². The molecule has 1 amide bonds. The first kappa shape index (κ1) is 16.4. The van der Waals surface area contributed by atoms with E-state index < -0.39 is 5.91 Å². The molecule has 2 rings (SSSR count). The minimum Gasteiger partial charge on any atom is -0.504 e. The molecule has 0 bridgehead atoms. The van der Waals surface area contributed by atoms with Crippen LogP contribution in [0.4, 0.5) is 0 Å². The highest BCUT2D eigenvalue weighted by atomic mass is 79.9. The zero-order valence-electron chi connectivity index (χ0n) is 11.4. The van der Waals surface area contributed by atoms with Gasteiger partial charge in [-0.05, 0) is 34.1 Å². The van der Waals surface area contributed by atoms with E-state index in [9.17, 15) is 9.90 Å². The van der Waals surface area contributed by atoms with Gasteiger partial charge in [0.25, 0.3) is 5.91 Å². The average Bonchev–Trinajstić information content (AvgIpc) is 2.50. The van der Waals surface area contributed by atoms with Gasteiger partial charge in [-0.2, -0.15) is 5.10 Å². The number of methoxy groups -OCH3 is 1. The number of aromatic nitrogens is 1. The van der Waals surface area contributed by atoms with Crippen molar-refractivity contribution in [2.24, 2.45) is 5.10 Å². The molecule has 0 spiro atoms. The van der Waals surface area contributed by atoms with Crippen molar-refractivity contribution < 1.29 is 14.6 Å². The van der Waals surface area contributed by atoms with Gasteiger partial charge < -0.3 is 9.84 Å². The largest absolute Gasteiger partial charge is 0.504 e. The monoisotopic (exact) mass is 427 g/mol. The minimum atomic E-state index is -0.411. The van der Waals surface area contributed by atoms with E-state index in [2.05, 4.69) is 47.4 Å². The second-order valence-corrected chi connectivity index (χ2v) is 5.97. The highest BCUT2D eigenvalue weighted by molar-refractivity contribution is 9.10. The number of nitrogens with one attached hydrogen (secondary N) is 1. The predicted octanol–water partition coefficient (Wildman–Crippen LogP) is 3.08. The molecule has 0 fully saturated rings. The van der Waals surface area contributed by atoms with E-state index in [1.807, 2.05) is 0 Å². The molecule has 0 saturated carbocycles. The number of nitrogens with zero attached hydrogens (tertiary/aromatic N) is 2. The van der Waals surface area contributed by atoms with E-state index in [0.717, 1.165) is 0 Å². The lowest BCUT2D eigenvalue weighted by atomic mass is 10.2. The predicted molar refractivity (Wildman–Crippen MR) is 89.4 cm³/mol. The fourth-order valence-corrected chi connectivity index (χ4v) is 2.43. The van der Waals surface area contributed by atoms with Crippen LogP contribution in [0.2, 0.25) is 0 Å². The Bertz CT molecular complexity index is 735. The number of phenols is 1. The van der Waals surface area contributed by atoms with E-state index in [0.29, 0.717) is 25.8 Å². The summed E-state index contributed by atoms with van der Waals surface area (Å²) < 4.78 is 6.44. The molecule has 1 heterocycles. The molecule has 0 unspecified atom stereocenters. The molecule has 0 saturated heterocycles. The number of carbonyl (C=O) groups is 1. The average molecular weight is 429 g/mol. The van der Waals surface area contributed by atoms with Crippen molar-refractivity contribution in [1.29, 1.82) is 0 Å². The quantitative estimate of drug-likeness (QED) is 0.578. The van der Waals surface area contributed by atoms with Crippen molar-refractivity contribution in [3.63, 3.8) is 0 Å². The van der Waals surface area contributed by atoms with Gasteiger partial charge in [-0.1, -0.05) is 15.9 Å². The molecule has 1 aromatic heterocycles. The number of aromatic hydroxyl groups is 1. The highest BCUT2D eigenvalue weighted by Crippen LogP contribution is 2.32. The molecular formula is C14H11Br2N3O3. The summed E-state index contributed by atoms with van der Waals surface area (Å²) in [5.74, 6) is -0.169. The van der Waals surface area contributed by atoms with Gasteiger partial charge >= 0.3 is 0 Å². The Balaban J connectivity index is 2.13. The molecular weight excluding hydrogens is 418 g/mol. The van der Waals surface area contributed by atoms with Crippen LogP contribution in [0, 0.1) is 0 Å². The van der Waals surface area contributed by atoms with Crippen molar-refractivity contribution in [2.45, 2.75) is 0 Å². The molecule has 8 heteroatoms. The molecule has 1 aromatic carbocycles. The molecule has 22 heavy (non-hydrogen) atoms. The molecule has 0 atom stereocenters. The Hall–Kier alpha value is -1.93. The summed E-state index contributed by atoms with van der Waals surface area (Å²) in [5, 5.41) is 13.8. The Morgan fingerprint density at radius 3 is 2.77 bits per heavy atom. The highest BCUT2D eigenvalue weighted by Gasteiger charge is 2.09. The van der Waals surface area contributed by atoms with Crippen LogP contribution in [0.1, 0.15) is 15.9 Å². The van der Waals surface area contributed by atoms with Gasteiger partial charge in [0.1, 0.15) is 0 Å². The van der Waals surface area contributed by atoms with Crippen LogP contribution in [-0.4, -0.2) is 29.3 Å². The maximum atomic E-state index is 11.9. The third-order valence-corrected chi connectivity index (χ3v) is 3.52. The number of ether oxygens (including phenoxy) is 1. The van der Waals surface area contributed by atoms with Crippen LogP contribution >= 0.6 is 31.9 Å². The molecule has 0 radical (unpaired) electrons. The van der Waals surface area contributed by atoms with Crippen molar-refractivity contribution in [1.82, 2.24) is 10.4 Å². The number of pyridine rings is 1. The molecule has 2 aromatic rings. The van der Waals surface area contributed by atoms with Crippen molar-refractivity contribution in [3.8, 4) is 11.5 Å². The Kier molecular flexibility index (Phi) is 5.51. The van der Waals surface area contributed by atoms with Crippen LogP contribution in [0.25, 0.3) is 0 Å². The normalized spacial score (nSPS) is 10.7. The fourth-order valence-electron chi connectivity index (χ4n) is 1.61. The van der Waals surface area contributed by atoms with E-state index in [1.165, 1.54) is 19.5 Å². The second-order valence-electron chi connectivity index (χ2n) is 4.14. The van der Waals surface area contributed by atoms with Crippen LogP contribution in [0.3, 0.4) is 0 Å². The van der Waals surface area contributed by atoms with Crippen LogP contribution in [0.15, 0.2) is 44.6 Å². The molecule has 6 nitrogen and oxygen atoms in total. The smallest absolute Gasteiger partial charge is 0.272 e. The summed E-state index contributed by atoms with van der Waals surface area (Å²) in [7, 11) is 1.45. The summed E-state index contributed by atoms with van der Waals surface area (Å²) >= 11 is 6.54. The first-order valence-corrected chi connectivity index (χ1v) is 7.60. The fraction of sp³-hybridized carbons (Fsp3) is 0.0714. The lowest BCUT2D eigenvalue weighted by Gasteiger charge is -2.06. The lowest BCUT2D eigenvalue weighted by Crippen LogP contribution is -2.17. The van der Waals surface area contributed by atoms with E-state index >= 15 is 0 Å². The Morgan fingerprint density at radius 2 is 2.09 bits per heavy atom. The third-order valence-electron chi connectivity index (χ3n) is 2.63. The topological polar surface area (TPSA) is 83.8 Å². The SMILES string of the molecule is COc1cc(Br)cc(C=NNC(=O)c2cncc(Br)c2)c1O. The molecule has 0 aliphatic rings.